The number of carbonyl (C=O) groups excluding carboxylic acids is 1. The zero-order valence-corrected chi connectivity index (χ0v) is 14.6. The van der Waals surface area contributed by atoms with Gasteiger partial charge in [-0.05, 0) is 49.7 Å². The van der Waals surface area contributed by atoms with Crippen LogP contribution >= 0.6 is 0 Å². The van der Waals surface area contributed by atoms with Gasteiger partial charge in [-0.2, -0.15) is 0 Å². The largest absolute Gasteiger partial charge is 0.348 e. The first-order chi connectivity index (χ1) is 11.5. The van der Waals surface area contributed by atoms with Crippen LogP contribution in [0.1, 0.15) is 29.8 Å². The molecular formula is C17H21N3O3S. The molecule has 1 aromatic carbocycles. The summed E-state index contributed by atoms with van der Waals surface area (Å²) in [5, 5.41) is 2.81. The van der Waals surface area contributed by atoms with E-state index in [9.17, 15) is 13.2 Å². The van der Waals surface area contributed by atoms with Crippen molar-refractivity contribution in [3.05, 3.63) is 59.9 Å². The molecule has 0 saturated carbocycles. The topological polar surface area (TPSA) is 79.4 Å². The fraction of sp³-hybridized carbons (Fsp3) is 0.294. The lowest BCUT2D eigenvalue weighted by molar-refractivity contribution is 0.0951. The first-order valence-electron chi connectivity index (χ1n) is 7.75. The van der Waals surface area contributed by atoms with Crippen LogP contribution < -0.4 is 9.62 Å². The van der Waals surface area contributed by atoms with Gasteiger partial charge in [0, 0.05) is 31.0 Å². The maximum Gasteiger partial charge on any atom is 0.251 e. The molecule has 6 nitrogen and oxygen atoms in total. The van der Waals surface area contributed by atoms with E-state index >= 15 is 0 Å². The summed E-state index contributed by atoms with van der Waals surface area (Å²) in [6.07, 6.45) is 3.37. The van der Waals surface area contributed by atoms with Crippen molar-refractivity contribution in [1.82, 2.24) is 10.3 Å². The van der Waals surface area contributed by atoms with Crippen LogP contribution in [0.3, 0.4) is 0 Å². The van der Waals surface area contributed by atoms with E-state index < -0.39 is 10.0 Å². The van der Waals surface area contributed by atoms with Crippen molar-refractivity contribution < 1.29 is 13.2 Å². The summed E-state index contributed by atoms with van der Waals surface area (Å²) in [6, 6.07) is 10.2. The van der Waals surface area contributed by atoms with Gasteiger partial charge in [0.05, 0.1) is 11.4 Å². The fourth-order valence-corrected chi connectivity index (χ4v) is 3.41. The molecule has 0 unspecified atom stereocenters. The highest BCUT2D eigenvalue weighted by atomic mass is 32.2. The third-order valence-electron chi connectivity index (χ3n) is 3.58. The van der Waals surface area contributed by atoms with Gasteiger partial charge < -0.3 is 5.32 Å². The number of pyridine rings is 1. The second-order valence-electron chi connectivity index (χ2n) is 5.16. The van der Waals surface area contributed by atoms with E-state index in [4.69, 9.17) is 0 Å². The van der Waals surface area contributed by atoms with Crippen LogP contribution in [-0.4, -0.2) is 31.6 Å². The number of carbonyl (C=O) groups is 1. The molecule has 7 heteroatoms. The molecule has 0 aliphatic heterocycles. The molecule has 1 aromatic heterocycles. The zero-order valence-electron chi connectivity index (χ0n) is 13.8. The Morgan fingerprint density at radius 2 is 1.88 bits per heavy atom. The molecule has 24 heavy (non-hydrogen) atoms. The van der Waals surface area contributed by atoms with Crippen LogP contribution in [0.2, 0.25) is 0 Å². The normalized spacial score (nSPS) is 11.1. The van der Waals surface area contributed by atoms with Crippen LogP contribution in [0.5, 0.6) is 0 Å². The number of rotatable bonds is 7. The zero-order chi connectivity index (χ0) is 17.6. The number of hydrogen-bond donors (Lipinski definition) is 1. The number of amides is 1. The molecule has 0 atom stereocenters. The van der Waals surface area contributed by atoms with Crippen molar-refractivity contribution >= 4 is 21.6 Å². The van der Waals surface area contributed by atoms with Gasteiger partial charge in [-0.1, -0.05) is 6.07 Å². The predicted molar refractivity (Wildman–Crippen MR) is 94.3 cm³/mol. The molecule has 1 N–H and O–H groups in total. The van der Waals surface area contributed by atoms with E-state index in [1.807, 2.05) is 12.1 Å². The molecule has 2 rings (SSSR count). The maximum atomic E-state index is 12.2. The molecule has 0 spiro atoms. The van der Waals surface area contributed by atoms with Crippen LogP contribution in [0.4, 0.5) is 5.69 Å². The van der Waals surface area contributed by atoms with Gasteiger partial charge in [0.15, 0.2) is 0 Å². The standard InChI is InChI=1S/C17H21N3O3S/c1-3-20(24(22,23)4-2)16-9-7-15(8-10-16)17(21)19-13-14-6-5-11-18-12-14/h5-12H,3-4,13H2,1-2H3,(H,19,21). The average molecular weight is 347 g/mol. The number of benzene rings is 1. The highest BCUT2D eigenvalue weighted by Crippen LogP contribution is 2.19. The number of nitrogens with one attached hydrogen (secondary N) is 1. The minimum atomic E-state index is -3.32. The smallest absolute Gasteiger partial charge is 0.251 e. The third kappa shape index (κ3) is 4.32. The Kier molecular flexibility index (Phi) is 5.92. The molecule has 0 fully saturated rings. The molecular weight excluding hydrogens is 326 g/mol. The first-order valence-corrected chi connectivity index (χ1v) is 9.36. The highest BCUT2D eigenvalue weighted by Gasteiger charge is 2.18. The monoisotopic (exact) mass is 347 g/mol. The predicted octanol–water partition coefficient (Wildman–Crippen LogP) is 2.19. The summed E-state index contributed by atoms with van der Waals surface area (Å²) in [5.74, 6) is -0.180. The van der Waals surface area contributed by atoms with Gasteiger partial charge in [-0.25, -0.2) is 8.42 Å². The molecule has 0 radical (unpaired) electrons. The number of nitrogens with zero attached hydrogens (tertiary/aromatic N) is 2. The Bertz CT molecular complexity index is 774. The highest BCUT2D eigenvalue weighted by molar-refractivity contribution is 7.92. The Balaban J connectivity index is 2.07. The van der Waals surface area contributed by atoms with Crippen molar-refractivity contribution in [2.75, 3.05) is 16.6 Å². The van der Waals surface area contributed by atoms with Crippen molar-refractivity contribution in [2.24, 2.45) is 0 Å². The lowest BCUT2D eigenvalue weighted by Gasteiger charge is -2.22. The Labute approximate surface area is 142 Å². The van der Waals surface area contributed by atoms with Gasteiger partial charge in [-0.15, -0.1) is 0 Å². The SMILES string of the molecule is CCN(c1ccc(C(=O)NCc2cccnc2)cc1)S(=O)(=O)CC. The second kappa shape index (κ2) is 7.92. The molecule has 0 aliphatic carbocycles. The lowest BCUT2D eigenvalue weighted by Crippen LogP contribution is -2.32. The van der Waals surface area contributed by atoms with Crippen molar-refractivity contribution in [1.29, 1.82) is 0 Å². The molecule has 0 bridgehead atoms. The quantitative estimate of drug-likeness (QED) is 0.833. The minimum Gasteiger partial charge on any atom is -0.348 e. The third-order valence-corrected chi connectivity index (χ3v) is 5.45. The molecule has 0 saturated heterocycles. The average Bonchev–Trinajstić information content (AvgIpc) is 2.61. The van der Waals surface area contributed by atoms with E-state index in [1.54, 1.807) is 50.5 Å². The van der Waals surface area contributed by atoms with Gasteiger partial charge in [-0.3, -0.25) is 14.1 Å². The van der Waals surface area contributed by atoms with Crippen LogP contribution in [0.15, 0.2) is 48.8 Å². The summed E-state index contributed by atoms with van der Waals surface area (Å²) in [5.41, 5.74) is 1.95. The van der Waals surface area contributed by atoms with E-state index in [-0.39, 0.29) is 11.7 Å². The van der Waals surface area contributed by atoms with Gasteiger partial charge in [0.1, 0.15) is 0 Å². The summed E-state index contributed by atoms with van der Waals surface area (Å²) in [7, 11) is -3.32. The van der Waals surface area contributed by atoms with E-state index in [2.05, 4.69) is 10.3 Å². The van der Waals surface area contributed by atoms with Crippen molar-refractivity contribution in [3.63, 3.8) is 0 Å². The number of aromatic nitrogens is 1. The lowest BCUT2D eigenvalue weighted by atomic mass is 10.2. The van der Waals surface area contributed by atoms with Crippen LogP contribution in [0, 0.1) is 0 Å². The summed E-state index contributed by atoms with van der Waals surface area (Å²) < 4.78 is 25.4. The maximum absolute atomic E-state index is 12.2. The number of sulfonamides is 1. The molecule has 1 heterocycles. The number of anilines is 1. The van der Waals surface area contributed by atoms with Gasteiger partial charge in [0.2, 0.25) is 10.0 Å². The molecule has 0 aliphatic rings. The molecule has 128 valence electrons. The van der Waals surface area contributed by atoms with Crippen molar-refractivity contribution in [2.45, 2.75) is 20.4 Å². The minimum absolute atomic E-state index is 0.0359. The van der Waals surface area contributed by atoms with Crippen LogP contribution in [-0.2, 0) is 16.6 Å². The van der Waals surface area contributed by atoms with Crippen molar-refractivity contribution in [3.8, 4) is 0 Å². The Hall–Kier alpha value is -2.41. The van der Waals surface area contributed by atoms with Gasteiger partial charge >= 0.3 is 0 Å². The summed E-state index contributed by atoms with van der Waals surface area (Å²) in [6.45, 7) is 4.13. The van der Waals surface area contributed by atoms with E-state index in [1.165, 1.54) is 4.31 Å². The molecule has 2 aromatic rings. The number of hydrogen-bond acceptors (Lipinski definition) is 4. The summed E-state index contributed by atoms with van der Waals surface area (Å²) >= 11 is 0. The summed E-state index contributed by atoms with van der Waals surface area (Å²) in [4.78, 5) is 16.2. The first kappa shape index (κ1) is 17.9. The Morgan fingerprint density at radius 1 is 1.17 bits per heavy atom. The van der Waals surface area contributed by atoms with E-state index in [0.717, 1.165) is 5.56 Å². The Morgan fingerprint density at radius 3 is 2.42 bits per heavy atom. The molecule has 1 amide bonds. The van der Waals surface area contributed by atoms with Gasteiger partial charge in [0.25, 0.3) is 5.91 Å². The van der Waals surface area contributed by atoms with Crippen LogP contribution in [0.25, 0.3) is 0 Å². The second-order valence-corrected chi connectivity index (χ2v) is 7.34. The fourth-order valence-electron chi connectivity index (χ4n) is 2.26. The van der Waals surface area contributed by atoms with E-state index in [0.29, 0.717) is 24.3 Å².